The molecule has 0 bridgehead atoms. The highest BCUT2D eigenvalue weighted by Crippen LogP contribution is 2.02. The zero-order chi connectivity index (χ0) is 13.0. The number of carbonyl (C=O) groups is 1. The van der Waals surface area contributed by atoms with Crippen LogP contribution < -0.4 is 16.6 Å². The van der Waals surface area contributed by atoms with Crippen molar-refractivity contribution < 1.29 is 4.79 Å². The minimum Gasteiger partial charge on any atom is -0.368 e. The Morgan fingerprint density at radius 3 is 3.00 bits per heavy atom. The van der Waals surface area contributed by atoms with Crippen LogP contribution in [-0.2, 0) is 11.3 Å². The molecule has 0 radical (unpaired) electrons. The lowest BCUT2D eigenvalue weighted by atomic mass is 10.2. The molecule has 3 N–H and O–H groups in total. The molecule has 2 heterocycles. The summed E-state index contributed by atoms with van der Waals surface area (Å²) in [4.78, 5) is 24.9. The molecule has 1 fully saturated rings. The average molecular weight is 250 g/mol. The Balaban J connectivity index is 1.98. The number of aromatic nitrogens is 1. The van der Waals surface area contributed by atoms with Crippen molar-refractivity contribution in [2.75, 3.05) is 26.2 Å². The SMILES string of the molecule is NC(=O)C1CNCCN1CCn1ccccc1=O. The van der Waals surface area contributed by atoms with Gasteiger partial charge in [-0.15, -0.1) is 0 Å². The summed E-state index contributed by atoms with van der Waals surface area (Å²) in [6.45, 7) is 3.42. The van der Waals surface area contributed by atoms with Gasteiger partial charge in [0.2, 0.25) is 5.91 Å². The number of hydrogen-bond donors (Lipinski definition) is 2. The fourth-order valence-electron chi connectivity index (χ4n) is 2.18. The molecule has 1 amide bonds. The third-order valence-corrected chi connectivity index (χ3v) is 3.21. The standard InChI is InChI=1S/C12H18N4O2/c13-12(18)10-9-14-4-6-15(10)7-8-16-5-2-1-3-11(16)17/h1-3,5,10,14H,4,6-9H2,(H2,13,18). The van der Waals surface area contributed by atoms with E-state index in [1.807, 2.05) is 11.0 Å². The minimum atomic E-state index is -0.317. The lowest BCUT2D eigenvalue weighted by Gasteiger charge is -2.34. The summed E-state index contributed by atoms with van der Waals surface area (Å²) in [5.74, 6) is -0.317. The molecule has 1 aromatic heterocycles. The predicted molar refractivity (Wildman–Crippen MR) is 68.1 cm³/mol. The molecule has 6 heteroatoms. The fourth-order valence-corrected chi connectivity index (χ4v) is 2.18. The molecule has 0 spiro atoms. The van der Waals surface area contributed by atoms with Crippen LogP contribution in [0.15, 0.2) is 29.2 Å². The van der Waals surface area contributed by atoms with Crippen molar-refractivity contribution in [3.63, 3.8) is 0 Å². The van der Waals surface area contributed by atoms with Crippen molar-refractivity contribution in [3.8, 4) is 0 Å². The van der Waals surface area contributed by atoms with Crippen LogP contribution in [0.25, 0.3) is 0 Å². The molecule has 98 valence electrons. The van der Waals surface area contributed by atoms with E-state index in [9.17, 15) is 9.59 Å². The zero-order valence-corrected chi connectivity index (χ0v) is 10.2. The van der Waals surface area contributed by atoms with Gasteiger partial charge in [-0.3, -0.25) is 14.5 Å². The maximum Gasteiger partial charge on any atom is 0.250 e. The third kappa shape index (κ3) is 2.96. The number of nitrogens with one attached hydrogen (secondary N) is 1. The quantitative estimate of drug-likeness (QED) is 0.689. The van der Waals surface area contributed by atoms with E-state index in [-0.39, 0.29) is 17.5 Å². The zero-order valence-electron chi connectivity index (χ0n) is 10.2. The molecule has 0 aromatic carbocycles. The molecule has 1 aliphatic rings. The number of amides is 1. The number of hydrogen-bond acceptors (Lipinski definition) is 4. The van der Waals surface area contributed by atoms with Crippen LogP contribution in [0, 0.1) is 0 Å². The van der Waals surface area contributed by atoms with Crippen molar-refractivity contribution in [2.45, 2.75) is 12.6 Å². The predicted octanol–water partition coefficient (Wildman–Crippen LogP) is -1.39. The van der Waals surface area contributed by atoms with Gasteiger partial charge in [-0.05, 0) is 6.07 Å². The van der Waals surface area contributed by atoms with Gasteiger partial charge in [-0.2, -0.15) is 0 Å². The van der Waals surface area contributed by atoms with Gasteiger partial charge in [0.15, 0.2) is 0 Å². The fraction of sp³-hybridized carbons (Fsp3) is 0.500. The topological polar surface area (TPSA) is 80.4 Å². The summed E-state index contributed by atoms with van der Waals surface area (Å²) < 4.78 is 1.64. The van der Waals surface area contributed by atoms with Crippen molar-refractivity contribution in [1.29, 1.82) is 0 Å². The number of nitrogens with zero attached hydrogens (tertiary/aromatic N) is 2. The molecule has 1 aliphatic heterocycles. The van der Waals surface area contributed by atoms with Crippen LogP contribution in [0.4, 0.5) is 0 Å². The first kappa shape index (κ1) is 12.8. The summed E-state index contributed by atoms with van der Waals surface area (Å²) in [6.07, 6.45) is 1.75. The van der Waals surface area contributed by atoms with Crippen LogP contribution in [0.2, 0.25) is 0 Å². The molecule has 0 aliphatic carbocycles. The van der Waals surface area contributed by atoms with Gasteiger partial charge in [0.05, 0.1) is 0 Å². The Bertz CT molecular complexity index is 471. The highest BCUT2D eigenvalue weighted by Gasteiger charge is 2.26. The van der Waals surface area contributed by atoms with Crippen molar-refractivity contribution >= 4 is 5.91 Å². The smallest absolute Gasteiger partial charge is 0.250 e. The van der Waals surface area contributed by atoms with Gasteiger partial charge < -0.3 is 15.6 Å². The Labute approximate surface area is 105 Å². The number of pyridine rings is 1. The van der Waals surface area contributed by atoms with Crippen LogP contribution in [-0.4, -0.2) is 47.6 Å². The van der Waals surface area contributed by atoms with Gasteiger partial charge in [0, 0.05) is 45.0 Å². The van der Waals surface area contributed by atoms with Gasteiger partial charge in [0.25, 0.3) is 5.56 Å². The lowest BCUT2D eigenvalue weighted by molar-refractivity contribution is -0.123. The second-order valence-corrected chi connectivity index (χ2v) is 4.39. The molecule has 1 unspecified atom stereocenters. The molecule has 6 nitrogen and oxygen atoms in total. The Morgan fingerprint density at radius 1 is 1.44 bits per heavy atom. The average Bonchev–Trinajstić information content (AvgIpc) is 2.38. The maximum atomic E-state index is 11.5. The number of carbonyl (C=O) groups excluding carboxylic acids is 1. The highest BCUT2D eigenvalue weighted by atomic mass is 16.1. The largest absolute Gasteiger partial charge is 0.368 e. The number of primary amides is 1. The van der Waals surface area contributed by atoms with Crippen LogP contribution in [0.5, 0.6) is 0 Å². The summed E-state index contributed by atoms with van der Waals surface area (Å²) in [5.41, 5.74) is 5.34. The van der Waals surface area contributed by atoms with Crippen molar-refractivity contribution in [1.82, 2.24) is 14.8 Å². The molecular formula is C12H18N4O2. The summed E-state index contributed by atoms with van der Waals surface area (Å²) >= 11 is 0. The van der Waals surface area contributed by atoms with E-state index in [1.54, 1.807) is 16.8 Å². The first-order chi connectivity index (χ1) is 8.68. The van der Waals surface area contributed by atoms with Gasteiger partial charge in [0.1, 0.15) is 6.04 Å². The number of piperazine rings is 1. The minimum absolute atomic E-state index is 0.0248. The van der Waals surface area contributed by atoms with E-state index in [2.05, 4.69) is 5.32 Å². The lowest BCUT2D eigenvalue weighted by Crippen LogP contribution is -2.57. The number of rotatable bonds is 4. The normalized spacial score (nSPS) is 20.8. The first-order valence-corrected chi connectivity index (χ1v) is 6.08. The Morgan fingerprint density at radius 2 is 2.28 bits per heavy atom. The van der Waals surface area contributed by atoms with E-state index in [0.29, 0.717) is 19.6 Å². The van der Waals surface area contributed by atoms with Crippen LogP contribution >= 0.6 is 0 Å². The summed E-state index contributed by atoms with van der Waals surface area (Å²) in [7, 11) is 0. The Kier molecular flexibility index (Phi) is 4.11. The molecule has 18 heavy (non-hydrogen) atoms. The summed E-state index contributed by atoms with van der Waals surface area (Å²) in [6, 6.07) is 4.79. The second kappa shape index (κ2) is 5.79. The molecule has 1 atom stereocenters. The molecular weight excluding hydrogens is 232 g/mol. The Hall–Kier alpha value is -1.66. The summed E-state index contributed by atoms with van der Waals surface area (Å²) in [5, 5.41) is 3.14. The van der Waals surface area contributed by atoms with E-state index in [1.165, 1.54) is 6.07 Å². The second-order valence-electron chi connectivity index (χ2n) is 4.39. The van der Waals surface area contributed by atoms with Gasteiger partial charge in [-0.1, -0.05) is 6.07 Å². The van der Waals surface area contributed by atoms with Gasteiger partial charge >= 0.3 is 0 Å². The van der Waals surface area contributed by atoms with E-state index < -0.39 is 0 Å². The first-order valence-electron chi connectivity index (χ1n) is 6.08. The molecule has 1 saturated heterocycles. The monoisotopic (exact) mass is 250 g/mol. The maximum absolute atomic E-state index is 11.5. The number of nitrogens with two attached hydrogens (primary N) is 1. The third-order valence-electron chi connectivity index (χ3n) is 3.21. The van der Waals surface area contributed by atoms with E-state index in [0.717, 1.165) is 13.1 Å². The highest BCUT2D eigenvalue weighted by molar-refractivity contribution is 5.80. The molecule has 2 rings (SSSR count). The molecule has 0 saturated carbocycles. The van der Waals surface area contributed by atoms with Crippen molar-refractivity contribution in [3.05, 3.63) is 34.7 Å². The van der Waals surface area contributed by atoms with Crippen molar-refractivity contribution in [2.24, 2.45) is 5.73 Å². The van der Waals surface area contributed by atoms with E-state index >= 15 is 0 Å². The van der Waals surface area contributed by atoms with Crippen LogP contribution in [0.1, 0.15) is 0 Å². The molecule has 1 aromatic rings. The van der Waals surface area contributed by atoms with Crippen LogP contribution in [0.3, 0.4) is 0 Å². The van der Waals surface area contributed by atoms with Gasteiger partial charge in [-0.25, -0.2) is 0 Å². The van der Waals surface area contributed by atoms with E-state index in [4.69, 9.17) is 5.73 Å².